The minimum Gasteiger partial charge on any atom is -0.380 e. The molecule has 0 aromatic heterocycles. The molecule has 2 unspecified atom stereocenters. The Morgan fingerprint density at radius 2 is 1.81 bits per heavy atom. The molecule has 27 heavy (non-hydrogen) atoms. The monoisotopic (exact) mass is 362 g/mol. The number of amides is 1. The fourth-order valence-electron chi connectivity index (χ4n) is 3.17. The predicted octanol–water partition coefficient (Wildman–Crippen LogP) is 5.09. The molecule has 0 radical (unpaired) electrons. The second kappa shape index (κ2) is 8.60. The number of hydrogen-bond acceptors (Lipinski definition) is 3. The summed E-state index contributed by atoms with van der Waals surface area (Å²) in [5.74, 6) is 0.121. The van der Waals surface area contributed by atoms with Gasteiger partial charge in [-0.1, -0.05) is 49.1 Å². The van der Waals surface area contributed by atoms with E-state index in [1.165, 1.54) is 0 Å². The third-order valence-electron chi connectivity index (χ3n) is 4.73. The number of rotatable bonds is 8. The van der Waals surface area contributed by atoms with Crippen LogP contribution in [0.15, 0.2) is 78.0 Å². The number of carbonyl (C=O) groups excluding carboxylic acids is 1. The molecule has 2 aromatic carbocycles. The smallest absolute Gasteiger partial charge is 0.228 e. The number of ether oxygens (including phenoxy) is 1. The van der Waals surface area contributed by atoms with E-state index in [9.17, 15) is 4.79 Å². The van der Waals surface area contributed by atoms with Crippen molar-refractivity contribution in [1.29, 1.82) is 0 Å². The fourth-order valence-corrected chi connectivity index (χ4v) is 3.17. The van der Waals surface area contributed by atoms with Gasteiger partial charge in [-0.05, 0) is 48.0 Å². The van der Waals surface area contributed by atoms with Gasteiger partial charge >= 0.3 is 0 Å². The van der Waals surface area contributed by atoms with Gasteiger partial charge in [0, 0.05) is 31.8 Å². The van der Waals surface area contributed by atoms with Crippen LogP contribution in [0, 0.1) is 11.8 Å². The van der Waals surface area contributed by atoms with Gasteiger partial charge in [-0.25, -0.2) is 0 Å². The van der Waals surface area contributed by atoms with E-state index in [1.807, 2.05) is 30.3 Å². The van der Waals surface area contributed by atoms with E-state index in [4.69, 9.17) is 4.74 Å². The quantitative estimate of drug-likeness (QED) is 0.525. The van der Waals surface area contributed by atoms with Crippen molar-refractivity contribution < 1.29 is 11.0 Å². The van der Waals surface area contributed by atoms with E-state index < -0.39 is 0 Å². The van der Waals surface area contributed by atoms with Crippen LogP contribution in [0.2, 0.25) is 0 Å². The van der Waals surface area contributed by atoms with Gasteiger partial charge in [-0.15, -0.1) is 0 Å². The lowest BCUT2D eigenvalue weighted by Gasteiger charge is -2.08. The number of anilines is 1. The van der Waals surface area contributed by atoms with Crippen molar-refractivity contribution in [2.24, 2.45) is 16.8 Å². The van der Waals surface area contributed by atoms with Gasteiger partial charge in [0.25, 0.3) is 0 Å². The van der Waals surface area contributed by atoms with E-state index in [1.54, 1.807) is 13.2 Å². The Morgan fingerprint density at radius 3 is 2.37 bits per heavy atom. The predicted molar refractivity (Wildman–Crippen MR) is 113 cm³/mol. The summed E-state index contributed by atoms with van der Waals surface area (Å²) in [5.41, 5.74) is 5.01. The lowest BCUT2D eigenvalue weighted by molar-refractivity contribution is -0.117. The average molecular weight is 362 g/mol. The van der Waals surface area contributed by atoms with Gasteiger partial charge in [0.15, 0.2) is 0 Å². The van der Waals surface area contributed by atoms with Crippen LogP contribution < -0.4 is 5.32 Å². The van der Waals surface area contributed by atoms with Gasteiger partial charge in [-0.2, -0.15) is 0 Å². The van der Waals surface area contributed by atoms with Crippen LogP contribution in [0.4, 0.5) is 5.69 Å². The second-order valence-corrected chi connectivity index (χ2v) is 6.63. The Balaban J connectivity index is 0.00000280. The molecule has 2 atom stereocenters. The van der Waals surface area contributed by atoms with Gasteiger partial charge in [0.2, 0.25) is 5.91 Å². The molecule has 0 aliphatic heterocycles. The van der Waals surface area contributed by atoms with Crippen molar-refractivity contribution >= 4 is 18.3 Å². The van der Waals surface area contributed by atoms with Crippen molar-refractivity contribution in [3.63, 3.8) is 0 Å². The molecule has 0 heterocycles. The first kappa shape index (κ1) is 18.8. The van der Waals surface area contributed by atoms with Crippen molar-refractivity contribution in [1.82, 2.24) is 0 Å². The third-order valence-corrected chi connectivity index (χ3v) is 4.73. The van der Waals surface area contributed by atoms with Crippen molar-refractivity contribution in [2.45, 2.75) is 13.0 Å². The number of aliphatic imine (C=N–C) groups is 1. The minimum absolute atomic E-state index is 0. The Bertz CT molecular complexity index is 857. The summed E-state index contributed by atoms with van der Waals surface area (Å²) in [6, 6.07) is 16.2. The van der Waals surface area contributed by atoms with E-state index >= 15 is 0 Å². The highest BCUT2D eigenvalue weighted by Crippen LogP contribution is 2.45. The molecule has 1 saturated carbocycles. The summed E-state index contributed by atoms with van der Waals surface area (Å²) in [5, 5.41) is 2.99. The molecule has 1 amide bonds. The molecule has 4 heteroatoms. The summed E-state index contributed by atoms with van der Waals surface area (Å²) >= 11 is 0. The number of carbonyl (C=O) groups is 1. The van der Waals surface area contributed by atoms with Crippen molar-refractivity contribution in [3.8, 4) is 11.1 Å². The molecule has 0 saturated heterocycles. The van der Waals surface area contributed by atoms with Crippen LogP contribution in [0.1, 0.15) is 13.4 Å². The van der Waals surface area contributed by atoms with Crippen molar-refractivity contribution in [3.05, 3.63) is 78.5 Å². The zero-order chi connectivity index (χ0) is 19.2. The molecular weight excluding hydrogens is 336 g/mol. The Labute approximate surface area is 161 Å². The van der Waals surface area contributed by atoms with Crippen LogP contribution in [-0.4, -0.2) is 19.7 Å². The SMILES string of the molecule is C=C/C=C(\N=C)C1CC1C(=O)Nc1ccc(-c2ccc(COC)cc2)cc1.[HH]. The molecule has 140 valence electrons. The third kappa shape index (κ3) is 4.60. The highest BCUT2D eigenvalue weighted by atomic mass is 16.5. The number of methoxy groups -OCH3 is 1. The number of allylic oxidation sites excluding steroid dienone is 3. The number of nitrogens with one attached hydrogen (secondary N) is 1. The molecule has 0 spiro atoms. The molecule has 1 N–H and O–H groups in total. The molecule has 3 rings (SSSR count). The molecule has 1 aliphatic carbocycles. The molecule has 0 bridgehead atoms. The second-order valence-electron chi connectivity index (χ2n) is 6.63. The van der Waals surface area contributed by atoms with E-state index in [0.29, 0.717) is 6.61 Å². The van der Waals surface area contributed by atoms with E-state index in [2.05, 4.69) is 47.9 Å². The zero-order valence-electron chi connectivity index (χ0n) is 15.5. The molecular formula is C23H26N2O2. The first-order valence-electron chi connectivity index (χ1n) is 8.94. The maximum atomic E-state index is 12.4. The van der Waals surface area contributed by atoms with Gasteiger partial charge < -0.3 is 10.1 Å². The van der Waals surface area contributed by atoms with Crippen molar-refractivity contribution in [2.75, 3.05) is 12.4 Å². The maximum Gasteiger partial charge on any atom is 0.228 e. The Kier molecular flexibility index (Phi) is 5.99. The van der Waals surface area contributed by atoms with Crippen LogP contribution in [0.25, 0.3) is 11.1 Å². The maximum absolute atomic E-state index is 12.4. The average Bonchev–Trinajstić information content (AvgIpc) is 3.48. The number of benzene rings is 2. The van der Waals surface area contributed by atoms with E-state index in [-0.39, 0.29) is 19.2 Å². The highest BCUT2D eigenvalue weighted by molar-refractivity contribution is 5.95. The summed E-state index contributed by atoms with van der Waals surface area (Å²) in [4.78, 5) is 16.4. The molecule has 1 fully saturated rings. The summed E-state index contributed by atoms with van der Waals surface area (Å²) in [7, 11) is 1.69. The topological polar surface area (TPSA) is 50.7 Å². The molecule has 2 aromatic rings. The van der Waals surface area contributed by atoms with Crippen LogP contribution in [0.3, 0.4) is 0 Å². The lowest BCUT2D eigenvalue weighted by Crippen LogP contribution is -2.15. The fraction of sp³-hybridized carbons (Fsp3) is 0.217. The Hall–Kier alpha value is -2.98. The van der Waals surface area contributed by atoms with Gasteiger partial charge in [0.05, 0.1) is 6.61 Å². The normalized spacial score (nSPS) is 18.6. The molecule has 1 aliphatic rings. The molecule has 4 nitrogen and oxygen atoms in total. The summed E-state index contributed by atoms with van der Waals surface area (Å²) < 4.78 is 5.14. The van der Waals surface area contributed by atoms with E-state index in [0.717, 1.165) is 34.5 Å². The first-order valence-corrected chi connectivity index (χ1v) is 8.94. The minimum atomic E-state index is -0.0466. The standard InChI is InChI=1S/C23H24N2O2.H2/c1-4-5-22(24-2)20-14-21(20)23(26)25-19-12-10-18(11-13-19)17-8-6-16(7-9-17)15-27-3;/h4-13,20-21H,1-2,14-15H2,3H3,(H,25,26);1H/b22-5-;. The van der Waals surface area contributed by atoms with Gasteiger partial charge in [0.1, 0.15) is 0 Å². The summed E-state index contributed by atoms with van der Waals surface area (Å²) in [6.45, 7) is 7.85. The van der Waals surface area contributed by atoms with Crippen LogP contribution in [-0.2, 0) is 16.1 Å². The lowest BCUT2D eigenvalue weighted by atomic mass is 10.0. The number of hydrogen-bond donors (Lipinski definition) is 1. The highest BCUT2D eigenvalue weighted by Gasteiger charge is 2.45. The largest absolute Gasteiger partial charge is 0.380 e. The van der Waals surface area contributed by atoms with Crippen LogP contribution in [0.5, 0.6) is 0 Å². The van der Waals surface area contributed by atoms with Crippen LogP contribution >= 0.6 is 0 Å². The van der Waals surface area contributed by atoms with Gasteiger partial charge in [-0.3, -0.25) is 9.79 Å². The number of nitrogens with zero attached hydrogens (tertiary/aromatic N) is 1. The first-order chi connectivity index (χ1) is 13.2. The zero-order valence-corrected chi connectivity index (χ0v) is 15.5. The summed E-state index contributed by atoms with van der Waals surface area (Å²) in [6.07, 6.45) is 4.30. The Morgan fingerprint density at radius 1 is 1.19 bits per heavy atom.